The Kier molecular flexibility index (Phi) is 9.01. The van der Waals surface area contributed by atoms with Crippen molar-refractivity contribution in [2.24, 2.45) is 11.8 Å². The van der Waals surface area contributed by atoms with Gasteiger partial charge >= 0.3 is 0 Å². The molecule has 3 aromatic carbocycles. The van der Waals surface area contributed by atoms with Crippen LogP contribution in [0, 0.1) is 49.8 Å². The number of carbonyl (C=O) groups is 3. The number of rotatable bonds is 9. The van der Waals surface area contributed by atoms with Crippen LogP contribution in [-0.2, 0) is 16.1 Å². The van der Waals surface area contributed by atoms with Gasteiger partial charge in [0.15, 0.2) is 0 Å². The number of aryl methyl sites for hydroxylation is 3. The van der Waals surface area contributed by atoms with Crippen molar-refractivity contribution >= 4 is 34.8 Å². The highest BCUT2D eigenvalue weighted by Gasteiger charge is 2.40. The van der Waals surface area contributed by atoms with Gasteiger partial charge < -0.3 is 19.6 Å². The van der Waals surface area contributed by atoms with Crippen LogP contribution in [0.1, 0.15) is 89.4 Å². The molecule has 0 radical (unpaired) electrons. The standard InChI is InChI=1S/C42H43FN6O4/c1-23-4-7-28(40-24(2)47-53-25(40)3)18-38(23)48(32-12-8-27(9-13-32)33-16-29(33)20-44)21-26-5-10-31(11-6-26)45-36-17-30-22-49(42(52)34(30)19-35(36)43)37-14-15-39(50)46-41(37)51/h4,7-9,12-13,17-19,26,29,31,33,37,45H,5-6,10-11,14-16,21-22H2,1-3H3,(H,46,50,51)/t26?,29-,31?,33-,37+/m0/s1. The van der Waals surface area contributed by atoms with E-state index in [0.717, 1.165) is 78.2 Å². The summed E-state index contributed by atoms with van der Waals surface area (Å²) >= 11 is 0. The fraction of sp³-hybridized carbons (Fsp3) is 0.405. The lowest BCUT2D eigenvalue weighted by molar-refractivity contribution is -0.136. The molecule has 10 nitrogen and oxygen atoms in total. The van der Waals surface area contributed by atoms with Gasteiger partial charge in [-0.25, -0.2) is 4.39 Å². The number of amides is 3. The van der Waals surface area contributed by atoms with Crippen LogP contribution in [0.3, 0.4) is 0 Å². The Labute approximate surface area is 308 Å². The Bertz CT molecular complexity index is 2130. The molecule has 2 aliphatic carbocycles. The van der Waals surface area contributed by atoms with E-state index >= 15 is 4.39 Å². The van der Waals surface area contributed by atoms with Crippen LogP contribution < -0.4 is 15.5 Å². The molecule has 0 unspecified atom stereocenters. The summed E-state index contributed by atoms with van der Waals surface area (Å²) in [5.41, 5.74) is 8.83. The number of nitrogens with zero attached hydrogens (tertiary/aromatic N) is 4. The van der Waals surface area contributed by atoms with Gasteiger partial charge in [0.2, 0.25) is 11.8 Å². The Balaban J connectivity index is 0.978. The fourth-order valence-corrected chi connectivity index (χ4v) is 8.57. The molecule has 2 aliphatic heterocycles. The molecule has 2 N–H and O–H groups in total. The average Bonchev–Trinajstić information content (AvgIpc) is 3.78. The summed E-state index contributed by atoms with van der Waals surface area (Å²) in [6.45, 7) is 7.06. The number of hydrogen-bond acceptors (Lipinski definition) is 8. The van der Waals surface area contributed by atoms with Crippen molar-refractivity contribution in [2.45, 2.75) is 90.3 Å². The number of hydrogen-bond donors (Lipinski definition) is 2. The number of piperidine rings is 1. The van der Waals surface area contributed by atoms with Crippen molar-refractivity contribution < 1.29 is 23.3 Å². The zero-order valence-corrected chi connectivity index (χ0v) is 30.2. The summed E-state index contributed by atoms with van der Waals surface area (Å²) in [7, 11) is 0. The number of nitrogens with one attached hydrogen (secondary N) is 2. The van der Waals surface area contributed by atoms with E-state index < -0.39 is 17.8 Å². The van der Waals surface area contributed by atoms with E-state index in [9.17, 15) is 19.6 Å². The molecule has 53 heavy (non-hydrogen) atoms. The number of halogens is 1. The van der Waals surface area contributed by atoms with E-state index in [-0.39, 0.29) is 48.7 Å². The van der Waals surface area contributed by atoms with Gasteiger partial charge in [0, 0.05) is 54.0 Å². The van der Waals surface area contributed by atoms with Crippen LogP contribution in [0.5, 0.6) is 0 Å². The molecule has 1 saturated heterocycles. The van der Waals surface area contributed by atoms with Gasteiger partial charge in [-0.05, 0) is 118 Å². The normalized spacial score (nSPS) is 23.7. The second-order valence-corrected chi connectivity index (χ2v) is 15.2. The zero-order chi connectivity index (χ0) is 37.0. The van der Waals surface area contributed by atoms with E-state index in [2.05, 4.69) is 76.1 Å². The molecule has 3 amide bonds. The van der Waals surface area contributed by atoms with Gasteiger partial charge in [0.1, 0.15) is 17.6 Å². The number of aromatic nitrogens is 1. The maximum atomic E-state index is 15.5. The Morgan fingerprint density at radius 1 is 1.02 bits per heavy atom. The lowest BCUT2D eigenvalue weighted by Gasteiger charge is -2.35. The van der Waals surface area contributed by atoms with Crippen LogP contribution in [0.4, 0.5) is 21.5 Å². The molecular weight excluding hydrogens is 671 g/mol. The van der Waals surface area contributed by atoms with Crippen molar-refractivity contribution in [3.05, 3.63) is 94.1 Å². The lowest BCUT2D eigenvalue weighted by atomic mass is 9.85. The monoisotopic (exact) mass is 714 g/mol. The third kappa shape index (κ3) is 6.67. The van der Waals surface area contributed by atoms with Gasteiger partial charge in [-0.15, -0.1) is 0 Å². The first-order chi connectivity index (χ1) is 25.6. The number of fused-ring (bicyclic) bond motifs is 1. The SMILES string of the molecule is Cc1ccc(-c2c(C)noc2C)cc1N(CC1CCC(Nc2cc3c(cc2F)C(=O)N([C@@H]2CCC(=O)NC2=O)C3)CC1)c1ccc([C@@H]2C[C@H]2C#N)cc1. The molecule has 1 aromatic heterocycles. The van der Waals surface area contributed by atoms with Gasteiger partial charge in [-0.1, -0.05) is 29.4 Å². The predicted molar refractivity (Wildman–Crippen MR) is 198 cm³/mol. The minimum absolute atomic E-state index is 0.0751. The highest BCUT2D eigenvalue weighted by molar-refractivity contribution is 6.05. The highest BCUT2D eigenvalue weighted by Crippen LogP contribution is 2.47. The summed E-state index contributed by atoms with van der Waals surface area (Å²) in [5.74, 6) is -0.0922. The van der Waals surface area contributed by atoms with Crippen LogP contribution in [0.15, 0.2) is 59.1 Å². The van der Waals surface area contributed by atoms with Crippen LogP contribution in [0.2, 0.25) is 0 Å². The van der Waals surface area contributed by atoms with E-state index in [4.69, 9.17) is 4.52 Å². The molecule has 272 valence electrons. The molecule has 3 fully saturated rings. The highest BCUT2D eigenvalue weighted by atomic mass is 19.1. The number of anilines is 3. The minimum atomic E-state index is -0.740. The summed E-state index contributed by atoms with van der Waals surface area (Å²) in [6, 6.07) is 19.9. The van der Waals surface area contributed by atoms with Crippen molar-refractivity contribution in [3.8, 4) is 17.2 Å². The third-order valence-electron chi connectivity index (χ3n) is 11.7. The van der Waals surface area contributed by atoms with Gasteiger partial charge in [-0.3, -0.25) is 19.7 Å². The van der Waals surface area contributed by atoms with E-state index in [1.165, 1.54) is 16.5 Å². The van der Waals surface area contributed by atoms with Crippen LogP contribution in [0.25, 0.3) is 11.1 Å². The first-order valence-electron chi connectivity index (χ1n) is 18.6. The van der Waals surface area contributed by atoms with Gasteiger partial charge in [0.25, 0.3) is 5.91 Å². The summed E-state index contributed by atoms with van der Waals surface area (Å²) < 4.78 is 21.0. The first kappa shape index (κ1) is 34.6. The average molecular weight is 715 g/mol. The topological polar surface area (TPSA) is 132 Å². The molecule has 3 heterocycles. The first-order valence-corrected chi connectivity index (χ1v) is 18.6. The van der Waals surface area contributed by atoms with Gasteiger partial charge in [-0.2, -0.15) is 5.26 Å². The summed E-state index contributed by atoms with van der Waals surface area (Å²) in [4.78, 5) is 41.1. The number of benzene rings is 3. The van der Waals surface area contributed by atoms with Crippen molar-refractivity contribution in [3.63, 3.8) is 0 Å². The number of nitriles is 1. The zero-order valence-electron chi connectivity index (χ0n) is 30.2. The van der Waals surface area contributed by atoms with Crippen molar-refractivity contribution in [1.82, 2.24) is 15.4 Å². The third-order valence-corrected chi connectivity index (χ3v) is 11.7. The molecule has 3 atom stereocenters. The molecule has 0 bridgehead atoms. The molecule has 0 spiro atoms. The number of carbonyl (C=O) groups excluding carboxylic acids is 3. The number of imide groups is 1. The molecule has 4 aromatic rings. The molecular formula is C42H43FN6O4. The maximum absolute atomic E-state index is 15.5. The van der Waals surface area contributed by atoms with E-state index in [1.54, 1.807) is 6.07 Å². The predicted octanol–water partition coefficient (Wildman–Crippen LogP) is 7.60. The summed E-state index contributed by atoms with van der Waals surface area (Å²) in [6.07, 6.45) is 4.99. The molecule has 4 aliphatic rings. The fourth-order valence-electron chi connectivity index (χ4n) is 8.57. The second-order valence-electron chi connectivity index (χ2n) is 15.2. The summed E-state index contributed by atoms with van der Waals surface area (Å²) in [5, 5.41) is 19.3. The van der Waals surface area contributed by atoms with Crippen molar-refractivity contribution in [2.75, 3.05) is 16.8 Å². The quantitative estimate of drug-likeness (QED) is 0.170. The van der Waals surface area contributed by atoms with E-state index in [0.29, 0.717) is 23.1 Å². The van der Waals surface area contributed by atoms with Crippen molar-refractivity contribution in [1.29, 1.82) is 5.26 Å². The Morgan fingerprint density at radius 3 is 2.47 bits per heavy atom. The lowest BCUT2D eigenvalue weighted by Crippen LogP contribution is -2.52. The largest absolute Gasteiger partial charge is 0.380 e. The molecule has 11 heteroatoms. The molecule has 8 rings (SSSR count). The second kappa shape index (κ2) is 13.8. The van der Waals surface area contributed by atoms with Crippen LogP contribution in [-0.4, -0.2) is 46.4 Å². The van der Waals surface area contributed by atoms with E-state index in [1.807, 2.05) is 13.8 Å². The minimum Gasteiger partial charge on any atom is -0.380 e. The molecule has 2 saturated carbocycles. The smallest absolute Gasteiger partial charge is 0.255 e. The van der Waals surface area contributed by atoms with Gasteiger partial charge in [0.05, 0.1) is 23.4 Å². The maximum Gasteiger partial charge on any atom is 0.255 e. The van der Waals surface area contributed by atoms with Crippen LogP contribution >= 0.6 is 0 Å². The Hall–Kier alpha value is -5.50. The Morgan fingerprint density at radius 2 is 1.79 bits per heavy atom.